The third-order valence-corrected chi connectivity index (χ3v) is 7.01. The highest BCUT2D eigenvalue weighted by Gasteiger charge is 2.32. The smallest absolute Gasteiger partial charge is 0.306 e. The average Bonchev–Trinajstić information content (AvgIpc) is 3.40. The van der Waals surface area contributed by atoms with Crippen LogP contribution in [0.1, 0.15) is 103 Å². The Labute approximate surface area is 217 Å². The molecule has 7 nitrogen and oxygen atoms in total. The summed E-state index contributed by atoms with van der Waals surface area (Å²) < 4.78 is 17.6. The first-order chi connectivity index (χ1) is 17.6. The van der Waals surface area contributed by atoms with E-state index < -0.39 is 6.10 Å². The van der Waals surface area contributed by atoms with Gasteiger partial charge in [-0.05, 0) is 56.5 Å². The van der Waals surface area contributed by atoms with Gasteiger partial charge in [0.15, 0.2) is 11.5 Å². The molecule has 36 heavy (non-hydrogen) atoms. The fraction of sp³-hybridized carbons (Fsp3) is 0.724. The second-order valence-electron chi connectivity index (χ2n) is 10.1. The zero-order valence-corrected chi connectivity index (χ0v) is 22.4. The van der Waals surface area contributed by atoms with Gasteiger partial charge in [0.2, 0.25) is 5.91 Å². The van der Waals surface area contributed by atoms with Crippen molar-refractivity contribution >= 4 is 11.9 Å². The van der Waals surface area contributed by atoms with E-state index in [1.165, 1.54) is 12.8 Å². The molecule has 0 aliphatic carbocycles. The van der Waals surface area contributed by atoms with Gasteiger partial charge in [-0.2, -0.15) is 0 Å². The van der Waals surface area contributed by atoms with E-state index >= 15 is 0 Å². The van der Waals surface area contributed by atoms with Crippen molar-refractivity contribution in [2.75, 3.05) is 32.8 Å². The number of carbonyl (C=O) groups excluding carboxylic acids is 2. The molecule has 2 heterocycles. The fourth-order valence-electron chi connectivity index (χ4n) is 4.97. The average molecular weight is 503 g/mol. The van der Waals surface area contributed by atoms with Crippen molar-refractivity contribution in [3.8, 4) is 11.5 Å². The van der Waals surface area contributed by atoms with Gasteiger partial charge in [-0.15, -0.1) is 0 Å². The number of benzene rings is 1. The van der Waals surface area contributed by atoms with Gasteiger partial charge in [-0.1, -0.05) is 58.4 Å². The van der Waals surface area contributed by atoms with Crippen LogP contribution in [0.25, 0.3) is 0 Å². The lowest BCUT2D eigenvalue weighted by molar-refractivity contribution is -0.152. The normalized spacial score (nSPS) is 16.9. The third-order valence-electron chi connectivity index (χ3n) is 7.01. The van der Waals surface area contributed by atoms with Gasteiger partial charge in [-0.3, -0.25) is 9.59 Å². The molecule has 0 aromatic heterocycles. The molecule has 0 unspecified atom stereocenters. The van der Waals surface area contributed by atoms with Gasteiger partial charge in [0.05, 0.1) is 6.04 Å². The Balaban J connectivity index is 1.77. The van der Waals surface area contributed by atoms with E-state index in [1.54, 1.807) is 0 Å². The van der Waals surface area contributed by atoms with Crippen LogP contribution in [0, 0.1) is 0 Å². The molecular formula is C29H46N2O5. The summed E-state index contributed by atoms with van der Waals surface area (Å²) in [4.78, 5) is 28.3. The van der Waals surface area contributed by atoms with E-state index in [4.69, 9.17) is 14.2 Å². The van der Waals surface area contributed by atoms with Crippen LogP contribution >= 0.6 is 0 Å². The Morgan fingerprint density at radius 3 is 2.33 bits per heavy atom. The lowest BCUT2D eigenvalue weighted by Crippen LogP contribution is -2.47. The molecule has 1 fully saturated rings. The van der Waals surface area contributed by atoms with Crippen LogP contribution in [0.3, 0.4) is 0 Å². The number of amides is 1. The van der Waals surface area contributed by atoms with Crippen molar-refractivity contribution in [1.29, 1.82) is 0 Å². The third kappa shape index (κ3) is 9.30. The summed E-state index contributed by atoms with van der Waals surface area (Å²) in [5.41, 5.74) is 0.829. The largest absolute Gasteiger partial charge is 0.486 e. The minimum atomic E-state index is -0.584. The van der Waals surface area contributed by atoms with Crippen LogP contribution in [0.2, 0.25) is 0 Å². The molecule has 1 amide bonds. The molecule has 1 saturated heterocycles. The molecule has 2 atom stereocenters. The molecule has 0 spiro atoms. The van der Waals surface area contributed by atoms with Gasteiger partial charge in [-0.25, -0.2) is 0 Å². The highest BCUT2D eigenvalue weighted by atomic mass is 16.6. The summed E-state index contributed by atoms with van der Waals surface area (Å²) in [7, 11) is 0. The number of nitrogens with one attached hydrogen (secondary N) is 1. The Kier molecular flexibility index (Phi) is 12.4. The van der Waals surface area contributed by atoms with Gasteiger partial charge >= 0.3 is 5.97 Å². The highest BCUT2D eigenvalue weighted by Crippen LogP contribution is 2.35. The zero-order valence-electron chi connectivity index (χ0n) is 22.4. The number of rotatable bonds is 16. The first-order valence-electron chi connectivity index (χ1n) is 14.2. The Morgan fingerprint density at radius 1 is 0.917 bits per heavy atom. The van der Waals surface area contributed by atoms with Crippen LogP contribution in [-0.4, -0.2) is 55.7 Å². The first kappa shape index (κ1) is 28.3. The molecule has 3 rings (SSSR count). The summed E-state index contributed by atoms with van der Waals surface area (Å²) >= 11 is 0. The summed E-state index contributed by atoms with van der Waals surface area (Å²) in [5.74, 6) is 1.17. The van der Waals surface area contributed by atoms with Crippen LogP contribution in [-0.2, 0) is 14.3 Å². The van der Waals surface area contributed by atoms with Gasteiger partial charge in [0.25, 0.3) is 0 Å². The second kappa shape index (κ2) is 15.7. The number of hydrogen-bond acceptors (Lipinski definition) is 6. The van der Waals surface area contributed by atoms with Crippen LogP contribution < -0.4 is 14.8 Å². The van der Waals surface area contributed by atoms with Gasteiger partial charge < -0.3 is 24.4 Å². The summed E-state index contributed by atoms with van der Waals surface area (Å²) in [6.07, 6.45) is 11.0. The molecule has 1 aromatic carbocycles. The van der Waals surface area contributed by atoms with Crippen molar-refractivity contribution in [3.05, 3.63) is 23.8 Å². The van der Waals surface area contributed by atoms with E-state index in [9.17, 15) is 9.59 Å². The molecule has 1 N–H and O–H groups in total. The molecule has 202 valence electrons. The number of likely N-dealkylation sites (tertiary alicyclic amines) is 1. The molecule has 0 bridgehead atoms. The van der Waals surface area contributed by atoms with Gasteiger partial charge in [0, 0.05) is 19.4 Å². The van der Waals surface area contributed by atoms with Crippen molar-refractivity contribution in [1.82, 2.24) is 10.2 Å². The number of nitrogens with zero attached hydrogens (tertiary/aromatic N) is 1. The minimum absolute atomic E-state index is 0.0280. The maximum absolute atomic E-state index is 13.0. The molecule has 0 radical (unpaired) electrons. The fourth-order valence-corrected chi connectivity index (χ4v) is 4.97. The lowest BCUT2D eigenvalue weighted by Gasteiger charge is -2.32. The predicted octanol–water partition coefficient (Wildman–Crippen LogP) is 5.56. The highest BCUT2D eigenvalue weighted by molar-refractivity contribution is 5.76. The number of carbonyl (C=O) groups is 2. The second-order valence-corrected chi connectivity index (χ2v) is 10.1. The topological polar surface area (TPSA) is 77.1 Å². The first-order valence-corrected chi connectivity index (χ1v) is 14.2. The van der Waals surface area contributed by atoms with Gasteiger partial charge in [0.1, 0.15) is 19.3 Å². The maximum Gasteiger partial charge on any atom is 0.306 e. The quantitative estimate of drug-likeness (QED) is 0.235. The number of fused-ring (bicyclic) bond motifs is 1. The SMILES string of the molecule is CCCCCCCC(=O)N[C@H](CN1CCCC1)[C@H](OC(=O)CCCCC)c1ccc2c(c1)OCCO2. The van der Waals surface area contributed by atoms with Crippen molar-refractivity contribution in [2.24, 2.45) is 0 Å². The number of hydrogen-bond donors (Lipinski definition) is 1. The Morgan fingerprint density at radius 2 is 1.58 bits per heavy atom. The Hall–Kier alpha value is -2.28. The van der Waals surface area contributed by atoms with E-state index in [-0.39, 0.29) is 17.9 Å². The molecule has 7 heteroatoms. The van der Waals surface area contributed by atoms with Crippen molar-refractivity contribution < 1.29 is 23.8 Å². The number of esters is 1. The zero-order chi connectivity index (χ0) is 25.6. The number of ether oxygens (including phenoxy) is 3. The van der Waals surface area contributed by atoms with Crippen molar-refractivity contribution in [2.45, 2.75) is 103 Å². The standard InChI is InChI=1S/C29H46N2O5/c1-3-5-7-8-10-13-27(32)30-24(22-31-17-11-12-18-31)29(36-28(33)14-9-6-4-2)23-15-16-25-26(21-23)35-20-19-34-25/h15-16,21,24,29H,3-14,17-20,22H2,1-2H3,(H,30,32)/t24-,29-/m1/s1. The number of unbranched alkanes of at least 4 members (excludes halogenated alkanes) is 6. The summed E-state index contributed by atoms with van der Waals surface area (Å²) in [6, 6.07) is 5.39. The van der Waals surface area contributed by atoms with Crippen LogP contribution in [0.4, 0.5) is 0 Å². The van der Waals surface area contributed by atoms with Crippen LogP contribution in [0.15, 0.2) is 18.2 Å². The molecular weight excluding hydrogens is 456 g/mol. The molecule has 1 aromatic rings. The maximum atomic E-state index is 13.0. The lowest BCUT2D eigenvalue weighted by atomic mass is 9.99. The van der Waals surface area contributed by atoms with E-state index in [1.807, 2.05) is 18.2 Å². The molecule has 2 aliphatic heterocycles. The van der Waals surface area contributed by atoms with E-state index in [0.717, 1.165) is 70.0 Å². The minimum Gasteiger partial charge on any atom is -0.486 e. The van der Waals surface area contributed by atoms with Crippen LogP contribution in [0.5, 0.6) is 11.5 Å². The Bertz CT molecular complexity index is 809. The van der Waals surface area contributed by atoms with E-state index in [0.29, 0.717) is 44.1 Å². The van der Waals surface area contributed by atoms with Crippen molar-refractivity contribution in [3.63, 3.8) is 0 Å². The summed E-state index contributed by atoms with van der Waals surface area (Å²) in [5, 5.41) is 3.26. The predicted molar refractivity (Wildman–Crippen MR) is 141 cm³/mol. The summed E-state index contributed by atoms with van der Waals surface area (Å²) in [6.45, 7) is 7.98. The monoisotopic (exact) mass is 502 g/mol. The van der Waals surface area contributed by atoms with E-state index in [2.05, 4.69) is 24.1 Å². The molecule has 2 aliphatic rings. The molecule has 0 saturated carbocycles.